The Balaban J connectivity index is 1.89. The second-order valence-corrected chi connectivity index (χ2v) is 9.51. The standard InChI is InChI=1S/C29H29F2N3O4/c1-17(2)33-23-11-7-8-12-24(23)38-27(20-9-5-4-6-10-20)26(29(33)37)34(28(36)18(3)32)25(35)15-19-13-21(30)16-22(31)14-19/h4-14,16-18,26-27H,15,32H2,1-3H3/t18-,26+,27-/m0/s1. The fourth-order valence-electron chi connectivity index (χ4n) is 4.63. The number of nitrogens with two attached hydrogens (primary N) is 1. The van der Waals surface area contributed by atoms with Gasteiger partial charge in [-0.25, -0.2) is 8.78 Å². The van der Waals surface area contributed by atoms with Gasteiger partial charge in [-0.15, -0.1) is 0 Å². The summed E-state index contributed by atoms with van der Waals surface area (Å²) in [7, 11) is 0. The van der Waals surface area contributed by atoms with Gasteiger partial charge < -0.3 is 15.4 Å². The lowest BCUT2D eigenvalue weighted by Crippen LogP contribution is -2.60. The van der Waals surface area contributed by atoms with E-state index in [1.807, 2.05) is 13.8 Å². The second-order valence-electron chi connectivity index (χ2n) is 9.51. The van der Waals surface area contributed by atoms with Gasteiger partial charge in [-0.3, -0.25) is 19.3 Å². The molecule has 0 aliphatic carbocycles. The number of para-hydroxylation sites is 2. The summed E-state index contributed by atoms with van der Waals surface area (Å²) < 4.78 is 34.1. The number of carbonyl (C=O) groups excluding carboxylic acids is 3. The normalized spacial score (nSPS) is 17.9. The molecule has 2 N–H and O–H groups in total. The molecule has 7 nitrogen and oxygen atoms in total. The number of anilines is 1. The van der Waals surface area contributed by atoms with Crippen molar-refractivity contribution < 1.29 is 27.9 Å². The number of amides is 3. The molecule has 0 fully saturated rings. The lowest BCUT2D eigenvalue weighted by Gasteiger charge is -2.36. The average molecular weight is 522 g/mol. The molecule has 4 rings (SSSR count). The molecule has 198 valence electrons. The van der Waals surface area contributed by atoms with Crippen molar-refractivity contribution in [2.24, 2.45) is 5.73 Å². The first-order valence-corrected chi connectivity index (χ1v) is 12.3. The Kier molecular flexibility index (Phi) is 7.87. The molecule has 38 heavy (non-hydrogen) atoms. The van der Waals surface area contributed by atoms with Crippen LogP contribution in [0, 0.1) is 11.6 Å². The number of hydrogen-bond donors (Lipinski definition) is 1. The first kappa shape index (κ1) is 26.9. The largest absolute Gasteiger partial charge is 0.481 e. The van der Waals surface area contributed by atoms with Gasteiger partial charge in [0, 0.05) is 12.1 Å². The van der Waals surface area contributed by atoms with Crippen molar-refractivity contribution in [2.75, 3.05) is 4.90 Å². The Morgan fingerprint density at radius 2 is 1.58 bits per heavy atom. The number of halogens is 2. The number of carbonyl (C=O) groups is 3. The fraction of sp³-hybridized carbons (Fsp3) is 0.276. The molecule has 0 spiro atoms. The maximum absolute atomic E-state index is 14.3. The average Bonchev–Trinajstić information content (AvgIpc) is 2.98. The Morgan fingerprint density at radius 3 is 2.18 bits per heavy atom. The third kappa shape index (κ3) is 5.43. The van der Waals surface area contributed by atoms with Gasteiger partial charge >= 0.3 is 0 Å². The summed E-state index contributed by atoms with van der Waals surface area (Å²) in [5, 5.41) is 0. The van der Waals surface area contributed by atoms with E-state index in [4.69, 9.17) is 10.5 Å². The van der Waals surface area contributed by atoms with E-state index in [0.717, 1.165) is 17.0 Å². The minimum absolute atomic E-state index is 0.0113. The molecule has 3 aromatic rings. The molecule has 0 aromatic heterocycles. The van der Waals surface area contributed by atoms with Crippen molar-refractivity contribution in [2.45, 2.75) is 51.4 Å². The molecule has 3 amide bonds. The van der Waals surface area contributed by atoms with Gasteiger partial charge in [-0.1, -0.05) is 42.5 Å². The van der Waals surface area contributed by atoms with Gasteiger partial charge in [-0.2, -0.15) is 0 Å². The Labute approximate surface area is 219 Å². The molecule has 3 aromatic carbocycles. The van der Waals surface area contributed by atoms with E-state index < -0.39 is 54.0 Å². The van der Waals surface area contributed by atoms with Gasteiger partial charge in [0.05, 0.1) is 18.2 Å². The number of nitrogens with zero attached hydrogens (tertiary/aromatic N) is 2. The van der Waals surface area contributed by atoms with Crippen LogP contribution in [0.2, 0.25) is 0 Å². The number of benzene rings is 3. The van der Waals surface area contributed by atoms with Crippen LogP contribution in [0.4, 0.5) is 14.5 Å². The summed E-state index contributed by atoms with van der Waals surface area (Å²) in [6, 6.07) is 15.5. The predicted molar refractivity (Wildman–Crippen MR) is 138 cm³/mol. The van der Waals surface area contributed by atoms with Crippen molar-refractivity contribution in [3.05, 3.63) is 95.6 Å². The van der Waals surface area contributed by atoms with Crippen LogP contribution in [0.15, 0.2) is 72.8 Å². The smallest absolute Gasteiger partial charge is 0.254 e. The fourth-order valence-corrected chi connectivity index (χ4v) is 4.63. The van der Waals surface area contributed by atoms with Crippen molar-refractivity contribution >= 4 is 23.4 Å². The van der Waals surface area contributed by atoms with E-state index >= 15 is 0 Å². The van der Waals surface area contributed by atoms with Gasteiger partial charge in [-0.05, 0) is 56.2 Å². The number of rotatable bonds is 6. The topological polar surface area (TPSA) is 92.9 Å². The Bertz CT molecular complexity index is 1330. The van der Waals surface area contributed by atoms with Crippen LogP contribution < -0.4 is 15.4 Å². The lowest BCUT2D eigenvalue weighted by atomic mass is 9.97. The van der Waals surface area contributed by atoms with Gasteiger partial charge in [0.25, 0.3) is 5.91 Å². The molecule has 0 unspecified atom stereocenters. The van der Waals surface area contributed by atoms with E-state index in [1.54, 1.807) is 54.6 Å². The van der Waals surface area contributed by atoms with Crippen molar-refractivity contribution in [1.29, 1.82) is 0 Å². The van der Waals surface area contributed by atoms with Crippen molar-refractivity contribution in [3.8, 4) is 5.75 Å². The van der Waals surface area contributed by atoms with E-state index in [9.17, 15) is 23.2 Å². The predicted octanol–water partition coefficient (Wildman–Crippen LogP) is 4.15. The van der Waals surface area contributed by atoms with E-state index in [0.29, 0.717) is 23.1 Å². The first-order chi connectivity index (χ1) is 18.1. The number of fused-ring (bicyclic) bond motifs is 1. The highest BCUT2D eigenvalue weighted by molar-refractivity contribution is 6.08. The molecule has 9 heteroatoms. The molecule has 0 saturated carbocycles. The second kappa shape index (κ2) is 11.1. The maximum atomic E-state index is 14.3. The van der Waals surface area contributed by atoms with Crippen LogP contribution >= 0.6 is 0 Å². The minimum Gasteiger partial charge on any atom is -0.481 e. The molecule has 1 aliphatic heterocycles. The van der Waals surface area contributed by atoms with Gasteiger partial charge in [0.15, 0.2) is 12.1 Å². The summed E-state index contributed by atoms with van der Waals surface area (Å²) in [6.07, 6.45) is -1.61. The highest BCUT2D eigenvalue weighted by atomic mass is 19.1. The van der Waals surface area contributed by atoms with Crippen LogP contribution in [0.3, 0.4) is 0 Å². The molecule has 1 heterocycles. The van der Waals surface area contributed by atoms with Crippen LogP contribution in [0.25, 0.3) is 0 Å². The molecule has 0 saturated heterocycles. The quantitative estimate of drug-likeness (QED) is 0.526. The minimum atomic E-state index is -1.45. The summed E-state index contributed by atoms with van der Waals surface area (Å²) in [5.74, 6) is -3.53. The molecule has 0 radical (unpaired) electrons. The lowest BCUT2D eigenvalue weighted by molar-refractivity contribution is -0.155. The van der Waals surface area contributed by atoms with Crippen molar-refractivity contribution in [3.63, 3.8) is 0 Å². The Hall–Kier alpha value is -4.11. The van der Waals surface area contributed by atoms with Crippen LogP contribution in [-0.4, -0.2) is 40.7 Å². The van der Waals surface area contributed by atoms with Gasteiger partial charge in [0.1, 0.15) is 17.4 Å². The molecular formula is C29H29F2N3O4. The van der Waals surface area contributed by atoms with Gasteiger partial charge in [0.2, 0.25) is 11.8 Å². The zero-order chi connectivity index (χ0) is 27.6. The number of ether oxygens (including phenoxy) is 1. The highest BCUT2D eigenvalue weighted by Crippen LogP contribution is 2.40. The molecule has 3 atom stereocenters. The number of imide groups is 1. The first-order valence-electron chi connectivity index (χ1n) is 12.3. The third-order valence-corrected chi connectivity index (χ3v) is 6.25. The number of hydrogen-bond acceptors (Lipinski definition) is 5. The summed E-state index contributed by atoms with van der Waals surface area (Å²) >= 11 is 0. The SMILES string of the molecule is CC(C)N1C(=O)[C@H](N(C(=O)Cc2cc(F)cc(F)c2)C(=O)[C@H](C)N)[C@H](c2ccccc2)Oc2ccccc21. The van der Waals surface area contributed by atoms with E-state index in [-0.39, 0.29) is 11.6 Å². The van der Waals surface area contributed by atoms with Crippen molar-refractivity contribution in [1.82, 2.24) is 4.90 Å². The zero-order valence-electron chi connectivity index (χ0n) is 21.3. The van der Waals surface area contributed by atoms with Crippen LogP contribution in [0.1, 0.15) is 38.0 Å². The molecular weight excluding hydrogens is 492 g/mol. The van der Waals surface area contributed by atoms with E-state index in [1.165, 1.54) is 11.8 Å². The summed E-state index contributed by atoms with van der Waals surface area (Å²) in [6.45, 7) is 5.02. The van der Waals surface area contributed by atoms with Crippen LogP contribution in [0.5, 0.6) is 5.75 Å². The van der Waals surface area contributed by atoms with Crippen LogP contribution in [-0.2, 0) is 20.8 Å². The van der Waals surface area contributed by atoms with E-state index in [2.05, 4.69) is 0 Å². The third-order valence-electron chi connectivity index (χ3n) is 6.25. The molecule has 0 bridgehead atoms. The summed E-state index contributed by atoms with van der Waals surface area (Å²) in [4.78, 5) is 43.8. The summed E-state index contributed by atoms with van der Waals surface area (Å²) in [5.41, 5.74) is 7.00. The monoisotopic (exact) mass is 521 g/mol. The Morgan fingerprint density at radius 1 is 0.974 bits per heavy atom. The zero-order valence-corrected chi connectivity index (χ0v) is 21.3. The maximum Gasteiger partial charge on any atom is 0.254 e. The molecule has 1 aliphatic rings. The highest BCUT2D eigenvalue weighted by Gasteiger charge is 2.47.